The van der Waals surface area contributed by atoms with Gasteiger partial charge >= 0.3 is 0 Å². The van der Waals surface area contributed by atoms with Gasteiger partial charge in [-0.15, -0.1) is 0 Å². The topological polar surface area (TPSA) is 63.3 Å². The molecule has 6 heteroatoms. The first-order valence-corrected chi connectivity index (χ1v) is 7.09. The summed E-state index contributed by atoms with van der Waals surface area (Å²) in [5, 5.41) is 1.09. The maximum atomic E-state index is 5.77. The predicted octanol–water partition coefficient (Wildman–Crippen LogP) is 1.61. The maximum absolute atomic E-state index is 5.77. The van der Waals surface area contributed by atoms with Crippen molar-refractivity contribution in [1.29, 1.82) is 0 Å². The molecule has 1 N–H and O–H groups in total. The van der Waals surface area contributed by atoms with E-state index in [-0.39, 0.29) is 5.79 Å². The first-order chi connectivity index (χ1) is 9.76. The third kappa shape index (κ3) is 1.87. The van der Waals surface area contributed by atoms with Crippen LogP contribution in [-0.2, 0) is 9.47 Å². The second kappa shape index (κ2) is 4.43. The summed E-state index contributed by atoms with van der Waals surface area (Å²) in [6, 6.07) is 2.11. The number of anilines is 1. The zero-order valence-electron chi connectivity index (χ0n) is 11.6. The smallest absolute Gasteiger partial charge is 0.171 e. The Labute approximate surface area is 117 Å². The SMILES string of the molecule is Cc1cc2c(N3CCC4(CC3)OCCO4)ncnc2[nH]1. The van der Waals surface area contributed by atoms with Crippen LogP contribution >= 0.6 is 0 Å². The summed E-state index contributed by atoms with van der Waals surface area (Å²) in [7, 11) is 0. The molecule has 0 amide bonds. The van der Waals surface area contributed by atoms with Gasteiger partial charge in [-0.05, 0) is 13.0 Å². The third-order valence-electron chi connectivity index (χ3n) is 4.18. The Kier molecular flexibility index (Phi) is 2.68. The minimum atomic E-state index is -0.337. The second-order valence-corrected chi connectivity index (χ2v) is 5.51. The lowest BCUT2D eigenvalue weighted by atomic mass is 10.0. The van der Waals surface area contributed by atoms with E-state index in [0.717, 1.165) is 61.7 Å². The van der Waals surface area contributed by atoms with Crippen LogP contribution in [0.3, 0.4) is 0 Å². The van der Waals surface area contributed by atoms with E-state index in [9.17, 15) is 0 Å². The van der Waals surface area contributed by atoms with Gasteiger partial charge in [0.15, 0.2) is 5.79 Å². The number of nitrogens with zero attached hydrogens (tertiary/aromatic N) is 3. The molecule has 0 bridgehead atoms. The van der Waals surface area contributed by atoms with Crippen LogP contribution in [0.25, 0.3) is 11.0 Å². The monoisotopic (exact) mass is 274 g/mol. The molecule has 4 heterocycles. The highest BCUT2D eigenvalue weighted by Crippen LogP contribution is 2.34. The van der Waals surface area contributed by atoms with E-state index >= 15 is 0 Å². The molecule has 1 spiro atoms. The van der Waals surface area contributed by atoms with Crippen LogP contribution in [-0.4, -0.2) is 47.0 Å². The Morgan fingerprint density at radius 2 is 1.95 bits per heavy atom. The predicted molar refractivity (Wildman–Crippen MR) is 74.7 cm³/mol. The average molecular weight is 274 g/mol. The van der Waals surface area contributed by atoms with Crippen LogP contribution in [0.4, 0.5) is 5.82 Å². The Hall–Kier alpha value is -1.66. The number of hydrogen-bond acceptors (Lipinski definition) is 5. The van der Waals surface area contributed by atoms with Crippen molar-refractivity contribution in [2.45, 2.75) is 25.6 Å². The molecular formula is C14H18N4O2. The summed E-state index contributed by atoms with van der Waals surface area (Å²) in [5.41, 5.74) is 2.01. The van der Waals surface area contributed by atoms with Gasteiger partial charge in [-0.2, -0.15) is 0 Å². The molecule has 2 saturated heterocycles. The van der Waals surface area contributed by atoms with E-state index in [4.69, 9.17) is 9.47 Å². The molecule has 4 rings (SSSR count). The molecule has 2 aliphatic rings. The fourth-order valence-corrected chi connectivity index (χ4v) is 3.16. The summed E-state index contributed by atoms with van der Waals surface area (Å²) >= 11 is 0. The van der Waals surface area contributed by atoms with E-state index in [1.54, 1.807) is 6.33 Å². The van der Waals surface area contributed by atoms with E-state index in [1.165, 1.54) is 0 Å². The van der Waals surface area contributed by atoms with Crippen molar-refractivity contribution in [3.63, 3.8) is 0 Å². The van der Waals surface area contributed by atoms with Crippen LogP contribution < -0.4 is 4.90 Å². The minimum Gasteiger partial charge on any atom is -0.356 e. The Bertz CT molecular complexity index is 623. The van der Waals surface area contributed by atoms with Crippen molar-refractivity contribution >= 4 is 16.9 Å². The number of aromatic amines is 1. The fourth-order valence-electron chi connectivity index (χ4n) is 3.16. The zero-order chi connectivity index (χ0) is 13.6. The lowest BCUT2D eigenvalue weighted by molar-refractivity contribution is -0.169. The molecule has 2 aromatic heterocycles. The molecule has 0 radical (unpaired) electrons. The normalized spacial score (nSPS) is 21.9. The highest BCUT2D eigenvalue weighted by atomic mass is 16.7. The fraction of sp³-hybridized carbons (Fsp3) is 0.571. The van der Waals surface area contributed by atoms with Gasteiger partial charge in [0.1, 0.15) is 17.8 Å². The van der Waals surface area contributed by atoms with Crippen molar-refractivity contribution in [3.05, 3.63) is 18.1 Å². The first-order valence-electron chi connectivity index (χ1n) is 7.09. The standard InChI is InChI=1S/C14H18N4O2/c1-10-8-11-12(17-10)15-9-16-13(11)18-4-2-14(3-5-18)19-6-7-20-14/h8-9H,2-7H2,1H3,(H,15,16,17). The van der Waals surface area contributed by atoms with Crippen molar-refractivity contribution < 1.29 is 9.47 Å². The molecule has 0 aliphatic carbocycles. The molecule has 20 heavy (non-hydrogen) atoms. The Morgan fingerprint density at radius 3 is 2.70 bits per heavy atom. The Morgan fingerprint density at radius 1 is 1.20 bits per heavy atom. The van der Waals surface area contributed by atoms with Crippen LogP contribution in [0.2, 0.25) is 0 Å². The Balaban J connectivity index is 1.61. The summed E-state index contributed by atoms with van der Waals surface area (Å²) in [6.07, 6.45) is 3.41. The third-order valence-corrected chi connectivity index (χ3v) is 4.18. The zero-order valence-corrected chi connectivity index (χ0v) is 11.6. The average Bonchev–Trinajstić information content (AvgIpc) is 3.05. The van der Waals surface area contributed by atoms with Crippen LogP contribution in [0.1, 0.15) is 18.5 Å². The number of rotatable bonds is 1. The molecule has 2 fully saturated rings. The number of piperidine rings is 1. The second-order valence-electron chi connectivity index (χ2n) is 5.51. The van der Waals surface area contributed by atoms with Crippen LogP contribution in [0.15, 0.2) is 12.4 Å². The van der Waals surface area contributed by atoms with Gasteiger partial charge in [0.25, 0.3) is 0 Å². The lowest BCUT2D eigenvalue weighted by Gasteiger charge is -2.38. The van der Waals surface area contributed by atoms with Crippen LogP contribution in [0, 0.1) is 6.92 Å². The van der Waals surface area contributed by atoms with Crippen LogP contribution in [0.5, 0.6) is 0 Å². The van der Waals surface area contributed by atoms with Gasteiger partial charge in [-0.3, -0.25) is 0 Å². The molecule has 2 aliphatic heterocycles. The van der Waals surface area contributed by atoms with Gasteiger partial charge in [0.05, 0.1) is 18.6 Å². The molecule has 2 aromatic rings. The summed E-state index contributed by atoms with van der Waals surface area (Å²) in [4.78, 5) is 14.3. The van der Waals surface area contributed by atoms with E-state index < -0.39 is 0 Å². The summed E-state index contributed by atoms with van der Waals surface area (Å²) < 4.78 is 11.5. The molecule has 0 atom stereocenters. The maximum Gasteiger partial charge on any atom is 0.171 e. The van der Waals surface area contributed by atoms with Gasteiger partial charge in [-0.25, -0.2) is 9.97 Å². The highest BCUT2D eigenvalue weighted by Gasteiger charge is 2.40. The van der Waals surface area contributed by atoms with Gasteiger partial charge in [-0.1, -0.05) is 0 Å². The minimum absolute atomic E-state index is 0.337. The highest BCUT2D eigenvalue weighted by molar-refractivity contribution is 5.88. The molecule has 0 saturated carbocycles. The van der Waals surface area contributed by atoms with Gasteiger partial charge in [0, 0.05) is 31.6 Å². The number of aryl methyl sites for hydroxylation is 1. The van der Waals surface area contributed by atoms with Gasteiger partial charge in [0.2, 0.25) is 0 Å². The molecule has 6 nitrogen and oxygen atoms in total. The van der Waals surface area contributed by atoms with Crippen molar-refractivity contribution in [2.75, 3.05) is 31.2 Å². The number of H-pyrrole nitrogens is 1. The van der Waals surface area contributed by atoms with Crippen molar-refractivity contribution in [2.24, 2.45) is 0 Å². The number of nitrogens with one attached hydrogen (secondary N) is 1. The van der Waals surface area contributed by atoms with Crippen molar-refractivity contribution in [1.82, 2.24) is 15.0 Å². The van der Waals surface area contributed by atoms with Gasteiger partial charge < -0.3 is 19.4 Å². The molecule has 0 aromatic carbocycles. The molecular weight excluding hydrogens is 256 g/mol. The largest absolute Gasteiger partial charge is 0.356 e. The molecule has 106 valence electrons. The van der Waals surface area contributed by atoms with Crippen molar-refractivity contribution in [3.8, 4) is 0 Å². The van der Waals surface area contributed by atoms with E-state index in [0.29, 0.717) is 0 Å². The quantitative estimate of drug-likeness (QED) is 0.856. The first kappa shape index (κ1) is 12.1. The summed E-state index contributed by atoms with van der Waals surface area (Å²) in [5.74, 6) is 0.670. The number of ether oxygens (including phenoxy) is 2. The lowest BCUT2D eigenvalue weighted by Crippen LogP contribution is -2.45. The number of hydrogen-bond donors (Lipinski definition) is 1. The number of aromatic nitrogens is 3. The van der Waals surface area contributed by atoms with E-state index in [1.807, 2.05) is 6.92 Å². The van der Waals surface area contributed by atoms with E-state index in [2.05, 4.69) is 25.9 Å². The number of fused-ring (bicyclic) bond motifs is 1. The molecule has 0 unspecified atom stereocenters. The summed E-state index contributed by atoms with van der Waals surface area (Å²) in [6.45, 7) is 5.27.